The fourth-order valence-electron chi connectivity index (χ4n) is 2.83. The van der Waals surface area contributed by atoms with Gasteiger partial charge in [-0.2, -0.15) is 0 Å². The average molecular weight is 256 g/mol. The minimum absolute atomic E-state index is 0.0351. The molecule has 2 aliphatic heterocycles. The third-order valence-electron chi connectivity index (χ3n) is 4.00. The van der Waals surface area contributed by atoms with Gasteiger partial charge in [0.1, 0.15) is 6.10 Å². The fraction of sp³-hybridized carbons (Fsp3) is 0.833. The third-order valence-corrected chi connectivity index (χ3v) is 4.00. The Labute approximate surface area is 106 Å². The number of rotatable bonds is 3. The summed E-state index contributed by atoms with van der Waals surface area (Å²) in [5.41, 5.74) is 5.51. The van der Waals surface area contributed by atoms with Gasteiger partial charge in [-0.05, 0) is 26.2 Å². The topological polar surface area (TPSA) is 92.9 Å². The number of nitrogens with zero attached hydrogens (tertiary/aromatic N) is 1. The molecule has 0 aromatic carbocycles. The van der Waals surface area contributed by atoms with Gasteiger partial charge in [-0.15, -0.1) is 0 Å². The van der Waals surface area contributed by atoms with Crippen LogP contribution in [-0.4, -0.2) is 53.2 Å². The van der Waals surface area contributed by atoms with E-state index in [2.05, 4.69) is 0 Å². The first-order valence-electron chi connectivity index (χ1n) is 6.43. The summed E-state index contributed by atoms with van der Waals surface area (Å²) in [6, 6.07) is -0.254. The predicted molar refractivity (Wildman–Crippen MR) is 63.9 cm³/mol. The van der Waals surface area contributed by atoms with E-state index in [1.165, 1.54) is 0 Å². The van der Waals surface area contributed by atoms with Crippen molar-refractivity contribution in [2.24, 2.45) is 11.7 Å². The third kappa shape index (κ3) is 2.35. The minimum atomic E-state index is -0.829. The molecule has 2 saturated heterocycles. The Balaban J connectivity index is 1.96. The molecule has 1 amide bonds. The second kappa shape index (κ2) is 5.24. The van der Waals surface area contributed by atoms with E-state index >= 15 is 0 Å². The molecule has 0 radical (unpaired) electrons. The Hall–Kier alpha value is -1.14. The van der Waals surface area contributed by atoms with Crippen molar-refractivity contribution >= 4 is 11.9 Å². The standard InChI is InChI=1S/C12H20N2O4/c1-7-9(12(16)17)4-5-14(7)11(15)10-3-2-8(6-13)18-10/h7-10H,2-6,13H2,1H3,(H,16,17). The van der Waals surface area contributed by atoms with Crippen molar-refractivity contribution in [3.8, 4) is 0 Å². The van der Waals surface area contributed by atoms with E-state index in [4.69, 9.17) is 15.6 Å². The van der Waals surface area contributed by atoms with Gasteiger partial charge in [-0.3, -0.25) is 9.59 Å². The summed E-state index contributed by atoms with van der Waals surface area (Å²) in [6.45, 7) is 2.72. The Morgan fingerprint density at radius 3 is 2.61 bits per heavy atom. The van der Waals surface area contributed by atoms with Gasteiger partial charge in [-0.1, -0.05) is 0 Å². The maximum Gasteiger partial charge on any atom is 0.308 e. The van der Waals surface area contributed by atoms with E-state index in [9.17, 15) is 9.59 Å². The zero-order chi connectivity index (χ0) is 13.3. The number of nitrogens with two attached hydrogens (primary N) is 1. The van der Waals surface area contributed by atoms with E-state index in [1.807, 2.05) is 0 Å². The average Bonchev–Trinajstić information content (AvgIpc) is 2.94. The first kappa shape index (κ1) is 13.3. The monoisotopic (exact) mass is 256 g/mol. The van der Waals surface area contributed by atoms with Gasteiger partial charge in [0.2, 0.25) is 0 Å². The molecule has 0 aliphatic carbocycles. The molecule has 0 spiro atoms. The predicted octanol–water partition coefficient (Wildman–Crippen LogP) is -0.186. The van der Waals surface area contributed by atoms with Crippen LogP contribution < -0.4 is 5.73 Å². The lowest BCUT2D eigenvalue weighted by Crippen LogP contribution is -2.43. The molecule has 4 unspecified atom stereocenters. The highest BCUT2D eigenvalue weighted by molar-refractivity contribution is 5.83. The quantitative estimate of drug-likeness (QED) is 0.730. The van der Waals surface area contributed by atoms with Crippen molar-refractivity contribution in [1.82, 2.24) is 4.90 Å². The number of amides is 1. The summed E-state index contributed by atoms with van der Waals surface area (Å²) in [5.74, 6) is -1.37. The lowest BCUT2D eigenvalue weighted by atomic mass is 10.0. The molecule has 3 N–H and O–H groups in total. The Kier molecular flexibility index (Phi) is 3.87. The fourth-order valence-corrected chi connectivity index (χ4v) is 2.83. The lowest BCUT2D eigenvalue weighted by Gasteiger charge is -2.26. The number of carbonyl (C=O) groups excluding carboxylic acids is 1. The SMILES string of the molecule is CC1C(C(=O)O)CCN1C(=O)C1CCC(CN)O1. The molecular weight excluding hydrogens is 236 g/mol. The summed E-state index contributed by atoms with van der Waals surface area (Å²) in [7, 11) is 0. The number of hydrogen-bond acceptors (Lipinski definition) is 4. The largest absolute Gasteiger partial charge is 0.481 e. The summed E-state index contributed by atoms with van der Waals surface area (Å²) in [4.78, 5) is 24.9. The van der Waals surface area contributed by atoms with Crippen molar-refractivity contribution in [1.29, 1.82) is 0 Å². The lowest BCUT2D eigenvalue weighted by molar-refractivity contribution is -0.146. The highest BCUT2D eigenvalue weighted by atomic mass is 16.5. The van der Waals surface area contributed by atoms with Crippen molar-refractivity contribution in [2.45, 2.75) is 44.4 Å². The van der Waals surface area contributed by atoms with Crippen LogP contribution in [0.25, 0.3) is 0 Å². The van der Waals surface area contributed by atoms with Crippen molar-refractivity contribution in [2.75, 3.05) is 13.1 Å². The summed E-state index contributed by atoms with van der Waals surface area (Å²) in [5, 5.41) is 9.04. The zero-order valence-corrected chi connectivity index (χ0v) is 10.5. The zero-order valence-electron chi connectivity index (χ0n) is 10.5. The van der Waals surface area contributed by atoms with Gasteiger partial charge in [0.15, 0.2) is 0 Å². The van der Waals surface area contributed by atoms with E-state index < -0.39 is 18.0 Å². The molecule has 0 bridgehead atoms. The van der Waals surface area contributed by atoms with Gasteiger partial charge >= 0.3 is 5.97 Å². The molecule has 2 aliphatic rings. The van der Waals surface area contributed by atoms with E-state index in [0.29, 0.717) is 25.9 Å². The number of carbonyl (C=O) groups is 2. The van der Waals surface area contributed by atoms with Crippen LogP contribution in [0.2, 0.25) is 0 Å². The van der Waals surface area contributed by atoms with Gasteiger partial charge in [-0.25, -0.2) is 0 Å². The Morgan fingerprint density at radius 2 is 2.11 bits per heavy atom. The minimum Gasteiger partial charge on any atom is -0.481 e. The number of carboxylic acid groups (broad SMARTS) is 1. The summed E-state index contributed by atoms with van der Waals surface area (Å²) >= 11 is 0. The normalized spacial score (nSPS) is 36.0. The van der Waals surface area contributed by atoms with Crippen LogP contribution >= 0.6 is 0 Å². The first-order valence-corrected chi connectivity index (χ1v) is 6.43. The molecule has 2 heterocycles. The van der Waals surface area contributed by atoms with Gasteiger partial charge < -0.3 is 20.5 Å². The molecule has 6 heteroatoms. The second-order valence-electron chi connectivity index (χ2n) is 5.07. The highest BCUT2D eigenvalue weighted by Crippen LogP contribution is 2.28. The second-order valence-corrected chi connectivity index (χ2v) is 5.07. The maximum atomic E-state index is 12.3. The molecule has 102 valence electrons. The molecule has 18 heavy (non-hydrogen) atoms. The first-order chi connectivity index (χ1) is 8.54. The molecule has 0 saturated carbocycles. The van der Waals surface area contributed by atoms with Gasteiger partial charge in [0, 0.05) is 19.1 Å². The van der Waals surface area contributed by atoms with E-state index in [0.717, 1.165) is 6.42 Å². The van der Waals surface area contributed by atoms with Crippen molar-refractivity contribution in [3.63, 3.8) is 0 Å². The van der Waals surface area contributed by atoms with Crippen molar-refractivity contribution in [3.05, 3.63) is 0 Å². The van der Waals surface area contributed by atoms with Crippen LogP contribution in [0.1, 0.15) is 26.2 Å². The molecular formula is C12H20N2O4. The highest BCUT2D eigenvalue weighted by Gasteiger charge is 2.42. The molecule has 4 atom stereocenters. The number of hydrogen-bond donors (Lipinski definition) is 2. The Morgan fingerprint density at radius 1 is 1.39 bits per heavy atom. The number of carboxylic acids is 1. The number of aliphatic carboxylic acids is 1. The molecule has 6 nitrogen and oxygen atoms in total. The van der Waals surface area contributed by atoms with Gasteiger partial charge in [0.25, 0.3) is 5.91 Å². The van der Waals surface area contributed by atoms with Crippen LogP contribution in [-0.2, 0) is 14.3 Å². The van der Waals surface area contributed by atoms with Crippen LogP contribution in [0.4, 0.5) is 0 Å². The molecule has 0 aromatic heterocycles. The van der Waals surface area contributed by atoms with Crippen LogP contribution in [0.5, 0.6) is 0 Å². The van der Waals surface area contributed by atoms with Crippen LogP contribution in [0, 0.1) is 5.92 Å². The Bertz CT molecular complexity index is 347. The molecule has 0 aromatic rings. The van der Waals surface area contributed by atoms with Crippen molar-refractivity contribution < 1.29 is 19.4 Å². The summed E-state index contributed by atoms with van der Waals surface area (Å²) in [6.07, 6.45) is 1.54. The van der Waals surface area contributed by atoms with Crippen LogP contribution in [0.3, 0.4) is 0 Å². The van der Waals surface area contributed by atoms with Crippen LogP contribution in [0.15, 0.2) is 0 Å². The van der Waals surface area contributed by atoms with E-state index in [1.54, 1.807) is 11.8 Å². The molecule has 2 rings (SSSR count). The molecule has 2 fully saturated rings. The summed E-state index contributed by atoms with van der Waals surface area (Å²) < 4.78 is 5.57. The smallest absolute Gasteiger partial charge is 0.308 e. The maximum absolute atomic E-state index is 12.3. The number of likely N-dealkylation sites (tertiary alicyclic amines) is 1. The van der Waals surface area contributed by atoms with Gasteiger partial charge in [0.05, 0.1) is 12.0 Å². The van der Waals surface area contributed by atoms with E-state index in [-0.39, 0.29) is 18.1 Å². The number of ether oxygens (including phenoxy) is 1.